The van der Waals surface area contributed by atoms with Crippen molar-refractivity contribution in [1.29, 1.82) is 0 Å². The number of para-hydroxylation sites is 1. The van der Waals surface area contributed by atoms with Gasteiger partial charge in [-0.15, -0.1) is 0 Å². The summed E-state index contributed by atoms with van der Waals surface area (Å²) in [6.45, 7) is 0.383. The standard InChI is InChI=1S/C49H37N5O4S2/c1-57-40-20-18-39(19-21-40)54-47(56)45(60-49(54)51-37-13-7-4-8-14-37)29-34-17-23-43(58-2)41(27-34)35-12-9-15-38(30-35)52-48-53(31-32-10-5-3-6-11-32)46(55)44(59-48)28-33-16-22-42-36(26-33)24-25-50-42/h3-30,50H,31H2,1-2H3/b44-28-,45-29-,51-49-,52-48-. The van der Waals surface area contributed by atoms with Gasteiger partial charge in [0.05, 0.1) is 47.6 Å². The van der Waals surface area contributed by atoms with Crippen LogP contribution in [-0.2, 0) is 16.1 Å². The molecule has 7 aromatic rings. The first kappa shape index (κ1) is 38.4. The molecule has 0 radical (unpaired) electrons. The summed E-state index contributed by atoms with van der Waals surface area (Å²) in [7, 11) is 3.25. The molecule has 9 rings (SSSR count). The summed E-state index contributed by atoms with van der Waals surface area (Å²) >= 11 is 2.69. The largest absolute Gasteiger partial charge is 0.497 e. The minimum atomic E-state index is -0.183. The number of anilines is 1. The molecule has 294 valence electrons. The fourth-order valence-electron chi connectivity index (χ4n) is 6.98. The number of fused-ring (bicyclic) bond motifs is 1. The number of nitrogens with one attached hydrogen (secondary N) is 1. The van der Waals surface area contributed by atoms with Gasteiger partial charge < -0.3 is 14.5 Å². The number of benzene rings is 6. The molecule has 0 atom stereocenters. The Hall–Kier alpha value is -7.08. The van der Waals surface area contributed by atoms with E-state index in [9.17, 15) is 9.59 Å². The maximum Gasteiger partial charge on any atom is 0.271 e. The summed E-state index contributed by atoms with van der Waals surface area (Å²) in [4.78, 5) is 45.8. The van der Waals surface area contributed by atoms with E-state index in [4.69, 9.17) is 19.5 Å². The monoisotopic (exact) mass is 823 g/mol. The highest BCUT2D eigenvalue weighted by atomic mass is 32.2. The SMILES string of the molecule is COc1ccc(N2C(=O)/C(=C/c3ccc(OC)c(-c4cccc(/N=C5\S/C(=C\c6ccc7[nH]ccc7c6)C(=O)N5Cc5ccccc5)c4)c3)S/C2=N\c2ccccc2)cc1. The van der Waals surface area contributed by atoms with E-state index in [0.717, 1.165) is 44.4 Å². The van der Waals surface area contributed by atoms with Crippen molar-refractivity contribution < 1.29 is 19.1 Å². The third kappa shape index (κ3) is 8.13. The molecule has 0 spiro atoms. The van der Waals surface area contributed by atoms with Gasteiger partial charge in [-0.05, 0) is 142 Å². The van der Waals surface area contributed by atoms with Gasteiger partial charge in [0, 0.05) is 17.3 Å². The number of carbonyl (C=O) groups is 2. The number of H-pyrrole nitrogens is 1. The predicted molar refractivity (Wildman–Crippen MR) is 246 cm³/mol. The Balaban J connectivity index is 1.04. The van der Waals surface area contributed by atoms with Crippen molar-refractivity contribution >= 4 is 85.8 Å². The molecule has 11 heteroatoms. The number of amidine groups is 2. The Morgan fingerprint density at radius 3 is 2.08 bits per heavy atom. The molecule has 0 bridgehead atoms. The van der Waals surface area contributed by atoms with E-state index in [-0.39, 0.29) is 11.8 Å². The summed E-state index contributed by atoms with van der Waals surface area (Å²) in [6, 6.07) is 48.7. The van der Waals surface area contributed by atoms with Crippen molar-refractivity contribution in [3.63, 3.8) is 0 Å². The fraction of sp³-hybridized carbons (Fsp3) is 0.0612. The molecule has 2 amide bonds. The lowest BCUT2D eigenvalue weighted by Gasteiger charge is -2.16. The molecule has 9 nitrogen and oxygen atoms in total. The number of aromatic nitrogens is 1. The van der Waals surface area contributed by atoms with E-state index in [2.05, 4.69) is 11.1 Å². The number of carbonyl (C=O) groups excluding carboxylic acids is 2. The van der Waals surface area contributed by atoms with E-state index in [1.807, 2.05) is 164 Å². The summed E-state index contributed by atoms with van der Waals surface area (Å²) in [6.07, 6.45) is 5.72. The molecule has 0 unspecified atom stereocenters. The summed E-state index contributed by atoms with van der Waals surface area (Å²) in [5, 5.41) is 2.21. The first-order valence-corrected chi connectivity index (χ1v) is 20.8. The third-order valence-corrected chi connectivity index (χ3v) is 11.9. The maximum atomic E-state index is 14.1. The van der Waals surface area contributed by atoms with Gasteiger partial charge in [-0.1, -0.05) is 72.8 Å². The van der Waals surface area contributed by atoms with Crippen LogP contribution in [0.5, 0.6) is 11.5 Å². The molecule has 2 aliphatic rings. The van der Waals surface area contributed by atoms with Crippen molar-refractivity contribution in [3.05, 3.63) is 184 Å². The number of aliphatic imine (C=N–C) groups is 2. The van der Waals surface area contributed by atoms with Gasteiger partial charge in [-0.2, -0.15) is 0 Å². The highest BCUT2D eigenvalue weighted by Gasteiger charge is 2.35. The molecule has 60 heavy (non-hydrogen) atoms. The topological polar surface area (TPSA) is 99.6 Å². The van der Waals surface area contributed by atoms with Crippen LogP contribution in [0.25, 0.3) is 34.2 Å². The van der Waals surface area contributed by atoms with Gasteiger partial charge in [0.2, 0.25) is 0 Å². The van der Waals surface area contributed by atoms with E-state index < -0.39 is 0 Å². The zero-order valence-corrected chi connectivity index (χ0v) is 34.2. The number of ether oxygens (including phenoxy) is 2. The lowest BCUT2D eigenvalue weighted by molar-refractivity contribution is -0.122. The molecular formula is C49H37N5O4S2. The van der Waals surface area contributed by atoms with Gasteiger partial charge in [0.15, 0.2) is 10.3 Å². The Morgan fingerprint density at radius 1 is 0.633 bits per heavy atom. The van der Waals surface area contributed by atoms with Crippen molar-refractivity contribution in [2.75, 3.05) is 19.1 Å². The van der Waals surface area contributed by atoms with Crippen LogP contribution in [0.3, 0.4) is 0 Å². The second kappa shape index (κ2) is 17.0. The van der Waals surface area contributed by atoms with Gasteiger partial charge in [-0.3, -0.25) is 19.4 Å². The number of aromatic amines is 1. The number of nitrogens with zero attached hydrogens (tertiary/aromatic N) is 4. The van der Waals surface area contributed by atoms with Gasteiger partial charge in [-0.25, -0.2) is 9.98 Å². The van der Waals surface area contributed by atoms with Gasteiger partial charge in [0.1, 0.15) is 11.5 Å². The number of amides is 2. The summed E-state index contributed by atoms with van der Waals surface area (Å²) < 4.78 is 11.2. The number of rotatable bonds is 10. The van der Waals surface area contributed by atoms with Crippen molar-refractivity contribution in [3.8, 4) is 22.6 Å². The normalized spacial score (nSPS) is 16.9. The lowest BCUT2D eigenvalue weighted by atomic mass is 10.0. The molecule has 6 aromatic carbocycles. The van der Waals surface area contributed by atoms with Crippen LogP contribution in [0.1, 0.15) is 16.7 Å². The zero-order chi connectivity index (χ0) is 41.0. The maximum absolute atomic E-state index is 14.1. The van der Waals surface area contributed by atoms with Crippen LogP contribution in [-0.4, -0.2) is 46.3 Å². The molecule has 2 fully saturated rings. The van der Waals surface area contributed by atoms with E-state index in [1.165, 1.54) is 23.5 Å². The van der Waals surface area contributed by atoms with Crippen LogP contribution in [0.4, 0.5) is 17.1 Å². The van der Waals surface area contributed by atoms with Gasteiger partial charge in [0.25, 0.3) is 11.8 Å². The summed E-state index contributed by atoms with van der Waals surface area (Å²) in [5.41, 5.74) is 7.60. The van der Waals surface area contributed by atoms with Crippen LogP contribution < -0.4 is 14.4 Å². The Morgan fingerprint density at radius 2 is 1.32 bits per heavy atom. The van der Waals surface area contributed by atoms with Crippen LogP contribution >= 0.6 is 23.5 Å². The Bertz CT molecular complexity index is 2870. The molecule has 2 saturated heterocycles. The molecule has 1 N–H and O–H groups in total. The fourth-order valence-corrected chi connectivity index (χ4v) is 8.98. The van der Waals surface area contributed by atoms with E-state index >= 15 is 0 Å². The van der Waals surface area contributed by atoms with Crippen LogP contribution in [0.2, 0.25) is 0 Å². The van der Waals surface area contributed by atoms with E-state index in [1.54, 1.807) is 24.0 Å². The van der Waals surface area contributed by atoms with Crippen LogP contribution in [0.15, 0.2) is 178 Å². The Labute approximate surface area is 355 Å². The van der Waals surface area contributed by atoms with Crippen molar-refractivity contribution in [1.82, 2.24) is 9.88 Å². The number of thioether (sulfide) groups is 2. The minimum Gasteiger partial charge on any atom is -0.497 e. The van der Waals surface area contributed by atoms with Gasteiger partial charge >= 0.3 is 0 Å². The highest BCUT2D eigenvalue weighted by Crippen LogP contribution is 2.41. The smallest absolute Gasteiger partial charge is 0.271 e. The van der Waals surface area contributed by atoms with E-state index in [0.29, 0.717) is 49.6 Å². The molecule has 0 aliphatic carbocycles. The average Bonchev–Trinajstić information content (AvgIpc) is 3.96. The molecule has 3 heterocycles. The second-order valence-corrected chi connectivity index (χ2v) is 15.9. The number of hydrogen-bond donors (Lipinski definition) is 1. The minimum absolute atomic E-state index is 0.0998. The van der Waals surface area contributed by atoms with Crippen LogP contribution in [0, 0.1) is 0 Å². The first-order chi connectivity index (χ1) is 29.4. The quantitative estimate of drug-likeness (QED) is 0.138. The first-order valence-electron chi connectivity index (χ1n) is 19.1. The highest BCUT2D eigenvalue weighted by molar-refractivity contribution is 8.19. The van der Waals surface area contributed by atoms with Crippen molar-refractivity contribution in [2.45, 2.75) is 6.54 Å². The molecule has 2 aliphatic heterocycles. The molecule has 1 aromatic heterocycles. The predicted octanol–water partition coefficient (Wildman–Crippen LogP) is 11.5. The zero-order valence-electron chi connectivity index (χ0n) is 32.6. The Kier molecular flexibility index (Phi) is 10.9. The number of methoxy groups -OCH3 is 2. The number of hydrogen-bond acceptors (Lipinski definition) is 8. The summed E-state index contributed by atoms with van der Waals surface area (Å²) in [5.74, 6) is 1.08. The average molecular weight is 824 g/mol. The third-order valence-electron chi connectivity index (χ3n) is 9.97. The molecular weight excluding hydrogens is 787 g/mol. The second-order valence-electron chi connectivity index (χ2n) is 13.9. The lowest BCUT2D eigenvalue weighted by Crippen LogP contribution is -2.28. The van der Waals surface area contributed by atoms with Crippen molar-refractivity contribution in [2.24, 2.45) is 9.98 Å². The molecule has 0 saturated carbocycles.